The zero-order valence-electron chi connectivity index (χ0n) is 24.7. The highest BCUT2D eigenvalue weighted by Gasteiger charge is 2.60. The Morgan fingerprint density at radius 3 is 2.22 bits per heavy atom. The fourth-order valence-corrected chi connectivity index (χ4v) is 5.64. The zero-order valence-corrected chi connectivity index (χ0v) is 24.7. The highest BCUT2D eigenvalue weighted by atomic mass is 19.4. The van der Waals surface area contributed by atoms with E-state index in [1.807, 2.05) is 0 Å². The maximum Gasteiger partial charge on any atom is 0.426 e. The van der Waals surface area contributed by atoms with Gasteiger partial charge in [-0.05, 0) is 53.4 Å². The SMILES string of the molecule is CN1C(=O)NC(=O)C12Cc1ccc(NC(=O)CN(Cc3cc(F)cc(F)c3)C(=O)[C@](C)(OCc3ccccc3)C(F)(F)F)cc1C2. The van der Waals surface area contributed by atoms with Crippen molar-refractivity contribution in [3.63, 3.8) is 0 Å². The number of anilines is 1. The first-order chi connectivity index (χ1) is 21.6. The van der Waals surface area contributed by atoms with Crippen LogP contribution in [0.5, 0.6) is 0 Å². The number of hydrogen-bond donors (Lipinski definition) is 2. The molecule has 0 aromatic heterocycles. The van der Waals surface area contributed by atoms with Gasteiger partial charge in [-0.25, -0.2) is 13.6 Å². The predicted molar refractivity (Wildman–Crippen MR) is 154 cm³/mol. The van der Waals surface area contributed by atoms with Gasteiger partial charge in [0, 0.05) is 38.2 Å². The Hall–Kier alpha value is -4.85. The van der Waals surface area contributed by atoms with Crippen molar-refractivity contribution in [2.75, 3.05) is 18.9 Å². The van der Waals surface area contributed by atoms with Crippen LogP contribution in [0.4, 0.5) is 32.4 Å². The maximum atomic E-state index is 14.5. The lowest BCUT2D eigenvalue weighted by molar-refractivity contribution is -0.269. The summed E-state index contributed by atoms with van der Waals surface area (Å²) < 4.78 is 76.5. The molecule has 1 heterocycles. The number of fused-ring (bicyclic) bond motifs is 1. The van der Waals surface area contributed by atoms with Gasteiger partial charge in [-0.15, -0.1) is 0 Å². The number of carbonyl (C=O) groups is 4. The monoisotopic (exact) mass is 644 g/mol. The molecule has 2 N–H and O–H groups in total. The molecule has 1 spiro atoms. The van der Waals surface area contributed by atoms with Crippen LogP contribution in [0.2, 0.25) is 0 Å². The molecule has 1 unspecified atom stereocenters. The Morgan fingerprint density at radius 2 is 1.61 bits per heavy atom. The zero-order chi connectivity index (χ0) is 33.4. The van der Waals surface area contributed by atoms with E-state index in [4.69, 9.17) is 4.74 Å². The van der Waals surface area contributed by atoms with Gasteiger partial charge in [0.15, 0.2) is 0 Å². The summed E-state index contributed by atoms with van der Waals surface area (Å²) in [5.74, 6) is -5.05. The number of nitrogens with one attached hydrogen (secondary N) is 2. The Labute approximate surface area is 260 Å². The molecule has 0 radical (unpaired) electrons. The van der Waals surface area contributed by atoms with E-state index in [2.05, 4.69) is 10.6 Å². The number of alkyl halides is 3. The molecular weight excluding hydrogens is 615 g/mol. The molecule has 1 aliphatic heterocycles. The normalized spacial score (nSPS) is 18.7. The Balaban J connectivity index is 1.38. The van der Waals surface area contributed by atoms with Crippen LogP contribution in [-0.4, -0.2) is 64.5 Å². The lowest BCUT2D eigenvalue weighted by atomic mass is 9.95. The van der Waals surface area contributed by atoms with Crippen LogP contribution >= 0.6 is 0 Å². The molecule has 242 valence electrons. The molecular formula is C32H29F5N4O5. The first kappa shape index (κ1) is 32.5. The van der Waals surface area contributed by atoms with Crippen LogP contribution in [0.1, 0.15) is 29.2 Å². The second kappa shape index (κ2) is 12.2. The van der Waals surface area contributed by atoms with E-state index < -0.39 is 72.4 Å². The minimum Gasteiger partial charge on any atom is -0.352 e. The summed E-state index contributed by atoms with van der Waals surface area (Å²) in [4.78, 5) is 53.3. The van der Waals surface area contributed by atoms with Gasteiger partial charge in [-0.1, -0.05) is 36.4 Å². The minimum absolute atomic E-state index is 0.165. The van der Waals surface area contributed by atoms with Crippen molar-refractivity contribution in [1.82, 2.24) is 15.1 Å². The summed E-state index contributed by atoms with van der Waals surface area (Å²) in [5, 5.41) is 4.82. The van der Waals surface area contributed by atoms with E-state index in [1.54, 1.807) is 30.3 Å². The third kappa shape index (κ3) is 6.29. The summed E-state index contributed by atoms with van der Waals surface area (Å²) >= 11 is 0. The average molecular weight is 645 g/mol. The molecule has 46 heavy (non-hydrogen) atoms. The summed E-state index contributed by atoms with van der Waals surface area (Å²) in [6, 6.07) is 14.3. The Morgan fingerprint density at radius 1 is 0.957 bits per heavy atom. The minimum atomic E-state index is -5.24. The van der Waals surface area contributed by atoms with Crippen LogP contribution in [-0.2, 0) is 45.1 Å². The van der Waals surface area contributed by atoms with Crippen molar-refractivity contribution >= 4 is 29.4 Å². The second-order valence-electron chi connectivity index (χ2n) is 11.5. The second-order valence-corrected chi connectivity index (χ2v) is 11.5. The molecule has 14 heteroatoms. The molecule has 1 saturated heterocycles. The summed E-state index contributed by atoms with van der Waals surface area (Å²) in [6.45, 7) is -1.74. The number of nitrogens with zero attached hydrogens (tertiary/aromatic N) is 2. The van der Waals surface area contributed by atoms with Gasteiger partial charge >= 0.3 is 12.2 Å². The van der Waals surface area contributed by atoms with Crippen molar-refractivity contribution in [1.29, 1.82) is 0 Å². The van der Waals surface area contributed by atoms with Crippen molar-refractivity contribution in [2.24, 2.45) is 0 Å². The molecule has 3 aromatic carbocycles. The van der Waals surface area contributed by atoms with E-state index in [-0.39, 0.29) is 24.1 Å². The maximum absolute atomic E-state index is 14.5. The highest BCUT2D eigenvalue weighted by Crippen LogP contribution is 2.39. The molecule has 2 atom stereocenters. The fourth-order valence-electron chi connectivity index (χ4n) is 5.64. The molecule has 1 fully saturated rings. The number of likely N-dealkylation sites (N-methyl/N-ethyl adjacent to an activating group) is 1. The predicted octanol–water partition coefficient (Wildman–Crippen LogP) is 4.49. The first-order valence-corrected chi connectivity index (χ1v) is 14.1. The first-order valence-electron chi connectivity index (χ1n) is 14.1. The van der Waals surface area contributed by atoms with Gasteiger partial charge in [-0.3, -0.25) is 19.7 Å². The summed E-state index contributed by atoms with van der Waals surface area (Å²) in [6.07, 6.45) is -4.83. The number of halogens is 5. The summed E-state index contributed by atoms with van der Waals surface area (Å²) in [7, 11) is 1.50. The number of imide groups is 1. The smallest absolute Gasteiger partial charge is 0.352 e. The summed E-state index contributed by atoms with van der Waals surface area (Å²) in [5.41, 5.74) is -2.74. The fraction of sp³-hybridized carbons (Fsp3) is 0.312. The number of amides is 5. The number of hydrogen-bond acceptors (Lipinski definition) is 5. The van der Waals surface area contributed by atoms with Crippen molar-refractivity contribution in [3.05, 3.63) is 101 Å². The van der Waals surface area contributed by atoms with Gasteiger partial charge < -0.3 is 19.9 Å². The average Bonchev–Trinajstić information content (AvgIpc) is 3.46. The number of rotatable bonds is 9. The molecule has 5 rings (SSSR count). The van der Waals surface area contributed by atoms with Gasteiger partial charge in [0.2, 0.25) is 11.5 Å². The van der Waals surface area contributed by atoms with Gasteiger partial charge in [0.05, 0.1) is 6.61 Å². The van der Waals surface area contributed by atoms with E-state index in [1.165, 1.54) is 30.1 Å². The standard InChI is InChI=1S/C32H29F5N4O5/c1-30(32(35,36)37,46-18-19-6-4-3-5-7-19)28(44)41(16-20-10-23(33)13-24(34)11-20)17-26(42)38-25-9-8-21-14-31(15-22(21)12-25)27(43)39-29(45)40(31)2/h3-13H,14-18H2,1-2H3,(H,38,42)(H,39,43,45)/t30-,31?/m0/s1. The molecule has 0 saturated carbocycles. The van der Waals surface area contributed by atoms with E-state index in [0.29, 0.717) is 29.0 Å². The Bertz CT molecular complexity index is 1680. The lowest BCUT2D eigenvalue weighted by Crippen LogP contribution is -2.58. The number of benzene rings is 3. The van der Waals surface area contributed by atoms with Crippen molar-refractivity contribution in [3.8, 4) is 0 Å². The number of carbonyl (C=O) groups excluding carboxylic acids is 4. The van der Waals surface area contributed by atoms with Crippen molar-refractivity contribution in [2.45, 2.75) is 50.2 Å². The number of ether oxygens (including phenoxy) is 1. The largest absolute Gasteiger partial charge is 0.426 e. The van der Waals surface area contributed by atoms with Crippen LogP contribution in [0.25, 0.3) is 0 Å². The van der Waals surface area contributed by atoms with E-state index in [9.17, 15) is 41.1 Å². The highest BCUT2D eigenvalue weighted by molar-refractivity contribution is 6.07. The molecule has 9 nitrogen and oxygen atoms in total. The van der Waals surface area contributed by atoms with E-state index in [0.717, 1.165) is 17.7 Å². The molecule has 0 bridgehead atoms. The molecule has 2 aliphatic rings. The topological polar surface area (TPSA) is 108 Å². The van der Waals surface area contributed by atoms with Crippen LogP contribution in [0.3, 0.4) is 0 Å². The van der Waals surface area contributed by atoms with Gasteiger partial charge in [0.1, 0.15) is 23.7 Å². The van der Waals surface area contributed by atoms with Gasteiger partial charge in [0.25, 0.3) is 11.8 Å². The third-order valence-corrected chi connectivity index (χ3v) is 8.28. The Kier molecular flexibility index (Phi) is 8.60. The van der Waals surface area contributed by atoms with Crippen LogP contribution in [0, 0.1) is 11.6 Å². The molecule has 1 aliphatic carbocycles. The van der Waals surface area contributed by atoms with E-state index >= 15 is 0 Å². The van der Waals surface area contributed by atoms with Crippen LogP contribution in [0.15, 0.2) is 66.7 Å². The molecule has 5 amide bonds. The number of urea groups is 1. The quantitative estimate of drug-likeness (QED) is 0.264. The van der Waals surface area contributed by atoms with Crippen molar-refractivity contribution < 1.29 is 45.9 Å². The third-order valence-electron chi connectivity index (χ3n) is 8.28. The lowest BCUT2D eigenvalue weighted by Gasteiger charge is -2.35. The molecule has 3 aromatic rings. The van der Waals surface area contributed by atoms with Crippen LogP contribution < -0.4 is 10.6 Å². The van der Waals surface area contributed by atoms with Gasteiger partial charge in [-0.2, -0.15) is 13.2 Å².